The summed E-state index contributed by atoms with van der Waals surface area (Å²) in [7, 11) is -0.541. The second-order valence-corrected chi connectivity index (χ2v) is 11.8. The molecule has 1 saturated heterocycles. The van der Waals surface area contributed by atoms with Crippen LogP contribution < -0.4 is 5.46 Å². The van der Waals surface area contributed by atoms with E-state index in [1.807, 2.05) is 30.4 Å². The van der Waals surface area contributed by atoms with Crippen molar-refractivity contribution >= 4 is 58.7 Å². The molecule has 3 nitrogen and oxygen atoms in total. The van der Waals surface area contributed by atoms with Crippen LogP contribution in [0.25, 0.3) is 62.9 Å². The van der Waals surface area contributed by atoms with Crippen molar-refractivity contribution in [1.29, 1.82) is 0 Å². The summed E-state index contributed by atoms with van der Waals surface area (Å²) in [6.45, 7) is 24.9. The Morgan fingerprint density at radius 3 is 1.95 bits per heavy atom. The highest BCUT2D eigenvalue weighted by molar-refractivity contribution is 6.63. The molecule has 0 atom stereocenters. The van der Waals surface area contributed by atoms with Gasteiger partial charge in [0.05, 0.1) is 22.2 Å². The molecule has 1 aliphatic heterocycles. The predicted molar refractivity (Wildman–Crippen MR) is 182 cm³/mol. The number of rotatable bonds is 7. The fourth-order valence-electron chi connectivity index (χ4n) is 6.11. The zero-order chi connectivity index (χ0) is 29.8. The van der Waals surface area contributed by atoms with Crippen LogP contribution in [0.4, 0.5) is 0 Å². The molecule has 208 valence electrons. The minimum atomic E-state index is -0.541. The molecule has 5 aromatic rings. The highest BCUT2D eigenvalue weighted by atomic mass is 16.7. The number of benzene rings is 4. The van der Waals surface area contributed by atoms with Gasteiger partial charge in [-0.05, 0) is 90.8 Å². The summed E-state index contributed by atoms with van der Waals surface area (Å²) in [6, 6.07) is 25.6. The van der Waals surface area contributed by atoms with E-state index in [0.717, 1.165) is 66.3 Å². The summed E-state index contributed by atoms with van der Waals surface area (Å²) in [4.78, 5) is 0. The Morgan fingerprint density at radius 2 is 1.33 bits per heavy atom. The molecule has 0 unspecified atom stereocenters. The van der Waals surface area contributed by atoms with Gasteiger partial charge in [-0.15, -0.1) is 0 Å². The third-order valence-corrected chi connectivity index (χ3v) is 8.97. The molecule has 4 heteroatoms. The molecule has 0 bridgehead atoms. The normalized spacial score (nSPS) is 15.7. The first kappa shape index (κ1) is 27.8. The molecular formula is C38H36BNO2. The lowest BCUT2D eigenvalue weighted by Gasteiger charge is -2.32. The SMILES string of the molecule is C=Cc1cccc(-c2ccc3c4c(C=C)c(C=C)c(B5OC(C)(C)C(C)(C)O5)cc4n(-c4ccccc4)c3c2)c1C=C. The number of para-hydroxylation sites is 1. The van der Waals surface area contributed by atoms with Gasteiger partial charge in [-0.1, -0.05) is 99.2 Å². The van der Waals surface area contributed by atoms with Gasteiger partial charge in [-0.25, -0.2) is 0 Å². The second-order valence-electron chi connectivity index (χ2n) is 11.8. The van der Waals surface area contributed by atoms with Crippen molar-refractivity contribution in [1.82, 2.24) is 4.57 Å². The Hall–Kier alpha value is -4.38. The number of aromatic nitrogens is 1. The molecule has 6 rings (SSSR count). The molecule has 1 fully saturated rings. The molecule has 0 saturated carbocycles. The summed E-state index contributed by atoms with van der Waals surface area (Å²) in [6.07, 6.45) is 7.62. The molecule has 0 radical (unpaired) electrons. The van der Waals surface area contributed by atoms with Crippen molar-refractivity contribution in [3.63, 3.8) is 0 Å². The van der Waals surface area contributed by atoms with Crippen LogP contribution in [0.3, 0.4) is 0 Å². The molecule has 0 spiro atoms. The third kappa shape index (κ3) is 4.14. The van der Waals surface area contributed by atoms with E-state index in [-0.39, 0.29) is 0 Å². The standard InChI is InChI=1S/C38H36BNO2/c1-9-25-17-16-20-31(28(25)10-2)26-21-22-32-34(23-26)40(27-18-14-13-15-19-27)35-24-33(29(11-3)30(12-4)36(32)35)39-41-37(5,6)38(7,8)42-39/h9-24H,1-4H2,5-8H3. The largest absolute Gasteiger partial charge is 0.495 e. The molecule has 0 aliphatic carbocycles. The minimum absolute atomic E-state index is 0.469. The Bertz CT molecular complexity index is 1890. The fourth-order valence-corrected chi connectivity index (χ4v) is 6.11. The Balaban J connectivity index is 1.72. The molecule has 2 heterocycles. The van der Waals surface area contributed by atoms with Crippen molar-refractivity contribution in [2.45, 2.75) is 38.9 Å². The van der Waals surface area contributed by atoms with E-state index in [9.17, 15) is 0 Å². The average molecular weight is 550 g/mol. The maximum Gasteiger partial charge on any atom is 0.495 e. The van der Waals surface area contributed by atoms with Crippen molar-refractivity contribution < 1.29 is 9.31 Å². The van der Waals surface area contributed by atoms with Crippen LogP contribution >= 0.6 is 0 Å². The van der Waals surface area contributed by atoms with Gasteiger partial charge in [0.25, 0.3) is 0 Å². The monoisotopic (exact) mass is 549 g/mol. The van der Waals surface area contributed by atoms with E-state index in [0.29, 0.717) is 0 Å². The summed E-state index contributed by atoms with van der Waals surface area (Å²) in [5.74, 6) is 0. The van der Waals surface area contributed by atoms with E-state index in [2.05, 4.69) is 125 Å². The summed E-state index contributed by atoms with van der Waals surface area (Å²) >= 11 is 0. The van der Waals surface area contributed by atoms with Crippen molar-refractivity contribution in [2.24, 2.45) is 0 Å². The van der Waals surface area contributed by atoms with Crippen LogP contribution in [0, 0.1) is 0 Å². The number of hydrogen-bond acceptors (Lipinski definition) is 2. The van der Waals surface area contributed by atoms with Gasteiger partial charge in [-0.3, -0.25) is 0 Å². The van der Waals surface area contributed by atoms with Gasteiger partial charge < -0.3 is 13.9 Å². The number of fused-ring (bicyclic) bond motifs is 3. The van der Waals surface area contributed by atoms with E-state index in [1.165, 1.54) is 0 Å². The highest BCUT2D eigenvalue weighted by Gasteiger charge is 2.52. The van der Waals surface area contributed by atoms with Crippen LogP contribution in [-0.2, 0) is 9.31 Å². The first-order valence-electron chi connectivity index (χ1n) is 14.3. The lowest BCUT2D eigenvalue weighted by atomic mass is 9.73. The minimum Gasteiger partial charge on any atom is -0.399 e. The lowest BCUT2D eigenvalue weighted by molar-refractivity contribution is 0.00578. The quantitative estimate of drug-likeness (QED) is 0.189. The summed E-state index contributed by atoms with van der Waals surface area (Å²) in [5.41, 5.74) is 9.56. The average Bonchev–Trinajstić information content (AvgIpc) is 3.43. The van der Waals surface area contributed by atoms with Crippen LogP contribution in [-0.4, -0.2) is 22.9 Å². The predicted octanol–water partition coefficient (Wildman–Crippen LogP) is 9.32. The highest BCUT2D eigenvalue weighted by Crippen LogP contribution is 2.41. The molecule has 0 amide bonds. The Morgan fingerprint density at radius 1 is 0.667 bits per heavy atom. The second kappa shape index (κ2) is 10.2. The number of hydrogen-bond donors (Lipinski definition) is 0. The van der Waals surface area contributed by atoms with E-state index in [4.69, 9.17) is 9.31 Å². The Labute approximate surface area is 249 Å². The van der Waals surface area contributed by atoms with Crippen LogP contribution in [0.15, 0.2) is 99.1 Å². The third-order valence-electron chi connectivity index (χ3n) is 8.97. The van der Waals surface area contributed by atoms with Gasteiger partial charge >= 0.3 is 7.12 Å². The summed E-state index contributed by atoms with van der Waals surface area (Å²) < 4.78 is 15.4. The van der Waals surface area contributed by atoms with E-state index >= 15 is 0 Å². The fraction of sp³-hybridized carbons (Fsp3) is 0.158. The zero-order valence-electron chi connectivity index (χ0n) is 24.9. The van der Waals surface area contributed by atoms with Crippen LogP contribution in [0.5, 0.6) is 0 Å². The zero-order valence-corrected chi connectivity index (χ0v) is 24.9. The molecule has 0 N–H and O–H groups in total. The maximum atomic E-state index is 6.55. The first-order valence-corrected chi connectivity index (χ1v) is 14.3. The van der Waals surface area contributed by atoms with Gasteiger partial charge in [0, 0.05) is 16.5 Å². The van der Waals surface area contributed by atoms with Gasteiger partial charge in [0.1, 0.15) is 0 Å². The molecule has 42 heavy (non-hydrogen) atoms. The van der Waals surface area contributed by atoms with Crippen molar-refractivity contribution in [3.8, 4) is 16.8 Å². The smallest absolute Gasteiger partial charge is 0.399 e. The van der Waals surface area contributed by atoms with Crippen LogP contribution in [0.1, 0.15) is 49.9 Å². The van der Waals surface area contributed by atoms with Crippen molar-refractivity contribution in [2.75, 3.05) is 0 Å². The van der Waals surface area contributed by atoms with Gasteiger partial charge in [0.15, 0.2) is 0 Å². The van der Waals surface area contributed by atoms with Gasteiger partial charge in [0.2, 0.25) is 0 Å². The van der Waals surface area contributed by atoms with Crippen molar-refractivity contribution in [3.05, 3.63) is 121 Å². The number of nitrogens with zero attached hydrogens (tertiary/aromatic N) is 1. The van der Waals surface area contributed by atoms with Crippen LogP contribution in [0.2, 0.25) is 0 Å². The van der Waals surface area contributed by atoms with E-state index in [1.54, 1.807) is 0 Å². The Kier molecular flexibility index (Phi) is 6.72. The molecule has 1 aromatic heterocycles. The molecular weight excluding hydrogens is 513 g/mol. The first-order chi connectivity index (χ1) is 20.2. The van der Waals surface area contributed by atoms with Gasteiger partial charge in [-0.2, -0.15) is 0 Å². The summed E-state index contributed by atoms with van der Waals surface area (Å²) in [5, 5.41) is 2.26. The lowest BCUT2D eigenvalue weighted by Crippen LogP contribution is -2.41. The maximum absolute atomic E-state index is 6.55. The topological polar surface area (TPSA) is 23.4 Å². The van der Waals surface area contributed by atoms with E-state index < -0.39 is 18.3 Å². The molecule has 4 aromatic carbocycles. The molecule has 1 aliphatic rings.